The van der Waals surface area contributed by atoms with Crippen LogP contribution in [0.2, 0.25) is 0 Å². The van der Waals surface area contributed by atoms with Gasteiger partial charge in [0.1, 0.15) is 0 Å². The third kappa shape index (κ3) is 5.63. The van der Waals surface area contributed by atoms with Gasteiger partial charge in [0.15, 0.2) is 0 Å². The van der Waals surface area contributed by atoms with Gasteiger partial charge in [0.25, 0.3) is 0 Å². The average Bonchev–Trinajstić information content (AvgIpc) is 2.48. The zero-order valence-electron chi connectivity index (χ0n) is 12.7. The van der Waals surface area contributed by atoms with Gasteiger partial charge in [-0.25, -0.2) is 0 Å². The number of nitrogens with zero attached hydrogens (tertiary/aromatic N) is 2. The van der Waals surface area contributed by atoms with Crippen LogP contribution in [0, 0.1) is 5.92 Å². The molecular weight excluding hydrogens is 270 g/mol. The molecule has 0 spiro atoms. The zero-order chi connectivity index (χ0) is 15.1. The van der Waals surface area contributed by atoms with E-state index in [0.29, 0.717) is 12.5 Å². The molecule has 21 heavy (non-hydrogen) atoms. The van der Waals surface area contributed by atoms with Crippen molar-refractivity contribution in [2.75, 3.05) is 45.8 Å². The highest BCUT2D eigenvalue weighted by Gasteiger charge is 2.24. The Bertz CT molecular complexity index is 356. The number of carbonyl (C=O) groups is 2. The number of piperidine rings is 2. The molecule has 120 valence electrons. The van der Waals surface area contributed by atoms with Crippen LogP contribution in [0.15, 0.2) is 0 Å². The Kier molecular flexibility index (Phi) is 6.45. The van der Waals surface area contributed by atoms with E-state index in [9.17, 15) is 9.59 Å². The Balaban J connectivity index is 1.70. The van der Waals surface area contributed by atoms with Gasteiger partial charge in [-0.15, -0.1) is 0 Å². The van der Waals surface area contributed by atoms with Crippen LogP contribution >= 0.6 is 0 Å². The van der Waals surface area contributed by atoms with Crippen molar-refractivity contribution in [3.05, 3.63) is 0 Å². The minimum absolute atomic E-state index is 0.0171. The molecule has 0 aliphatic carbocycles. The molecular formula is C15H27N3O3. The summed E-state index contributed by atoms with van der Waals surface area (Å²) in [4.78, 5) is 27.0. The Hall–Kier alpha value is -1.14. The number of amides is 1. The van der Waals surface area contributed by atoms with E-state index in [1.807, 2.05) is 4.90 Å². The molecule has 6 heteroatoms. The Morgan fingerprint density at radius 1 is 1.10 bits per heavy atom. The Morgan fingerprint density at radius 3 is 2.57 bits per heavy atom. The standard InChI is InChI=1S/C15H27N3O3/c19-14(18-7-2-1-3-8-18)12-17-6-4-5-13(11-17)9-16-10-15(20)21/h13,16H,1-12H2,(H,20,21). The highest BCUT2D eigenvalue weighted by Crippen LogP contribution is 2.16. The maximum Gasteiger partial charge on any atom is 0.317 e. The average molecular weight is 297 g/mol. The lowest BCUT2D eigenvalue weighted by Crippen LogP contribution is -2.47. The van der Waals surface area contributed by atoms with Gasteiger partial charge in [0.05, 0.1) is 13.1 Å². The van der Waals surface area contributed by atoms with Gasteiger partial charge in [-0.05, 0) is 51.1 Å². The number of carbonyl (C=O) groups excluding carboxylic acids is 1. The van der Waals surface area contributed by atoms with Crippen LogP contribution in [0.25, 0.3) is 0 Å². The van der Waals surface area contributed by atoms with Gasteiger partial charge in [-0.3, -0.25) is 14.5 Å². The van der Waals surface area contributed by atoms with Gasteiger partial charge in [-0.1, -0.05) is 0 Å². The molecule has 0 aromatic carbocycles. The van der Waals surface area contributed by atoms with Crippen molar-refractivity contribution in [3.8, 4) is 0 Å². The number of nitrogens with one attached hydrogen (secondary N) is 1. The number of likely N-dealkylation sites (tertiary alicyclic amines) is 2. The molecule has 2 N–H and O–H groups in total. The smallest absolute Gasteiger partial charge is 0.317 e. The van der Waals surface area contributed by atoms with Crippen molar-refractivity contribution in [2.24, 2.45) is 5.92 Å². The summed E-state index contributed by atoms with van der Waals surface area (Å²) >= 11 is 0. The van der Waals surface area contributed by atoms with E-state index in [4.69, 9.17) is 5.11 Å². The van der Waals surface area contributed by atoms with E-state index in [0.717, 1.165) is 58.4 Å². The third-order valence-corrected chi connectivity index (χ3v) is 4.38. The molecule has 2 heterocycles. The van der Waals surface area contributed by atoms with Crippen LogP contribution in [0.3, 0.4) is 0 Å². The quantitative estimate of drug-likeness (QED) is 0.742. The molecule has 0 bridgehead atoms. The summed E-state index contributed by atoms with van der Waals surface area (Å²) in [6, 6.07) is 0. The lowest BCUT2D eigenvalue weighted by atomic mass is 9.98. The maximum atomic E-state index is 12.3. The van der Waals surface area contributed by atoms with Crippen molar-refractivity contribution in [2.45, 2.75) is 32.1 Å². The summed E-state index contributed by atoms with van der Waals surface area (Å²) in [7, 11) is 0. The normalized spacial score (nSPS) is 24.0. The van der Waals surface area contributed by atoms with Crippen molar-refractivity contribution >= 4 is 11.9 Å². The minimum Gasteiger partial charge on any atom is -0.480 e. The minimum atomic E-state index is -0.817. The van der Waals surface area contributed by atoms with Gasteiger partial charge in [0.2, 0.25) is 5.91 Å². The third-order valence-electron chi connectivity index (χ3n) is 4.38. The predicted octanol–water partition coefficient (Wildman–Crippen LogP) is 0.385. The van der Waals surface area contributed by atoms with Crippen LogP contribution in [0.1, 0.15) is 32.1 Å². The number of aliphatic carboxylic acids is 1. The summed E-state index contributed by atoms with van der Waals surface area (Å²) < 4.78 is 0. The molecule has 0 saturated carbocycles. The zero-order valence-corrected chi connectivity index (χ0v) is 12.7. The molecule has 2 saturated heterocycles. The summed E-state index contributed by atoms with van der Waals surface area (Å²) in [5.41, 5.74) is 0. The first-order valence-electron chi connectivity index (χ1n) is 8.08. The first kappa shape index (κ1) is 16.2. The van der Waals surface area contributed by atoms with Crippen molar-refractivity contribution in [3.63, 3.8) is 0 Å². The first-order chi connectivity index (χ1) is 10.1. The molecule has 0 radical (unpaired) electrons. The molecule has 2 aliphatic rings. The lowest BCUT2D eigenvalue weighted by Gasteiger charge is -2.34. The highest BCUT2D eigenvalue weighted by molar-refractivity contribution is 5.78. The molecule has 2 aliphatic heterocycles. The van der Waals surface area contributed by atoms with Crippen LogP contribution in [0.5, 0.6) is 0 Å². The largest absolute Gasteiger partial charge is 0.480 e. The van der Waals surface area contributed by atoms with E-state index >= 15 is 0 Å². The Morgan fingerprint density at radius 2 is 1.86 bits per heavy atom. The van der Waals surface area contributed by atoms with E-state index < -0.39 is 5.97 Å². The van der Waals surface area contributed by atoms with Crippen LogP contribution < -0.4 is 5.32 Å². The second-order valence-electron chi connectivity index (χ2n) is 6.21. The Labute approximate surface area is 126 Å². The molecule has 6 nitrogen and oxygen atoms in total. The van der Waals surface area contributed by atoms with Gasteiger partial charge in [-0.2, -0.15) is 0 Å². The van der Waals surface area contributed by atoms with Crippen LogP contribution in [0.4, 0.5) is 0 Å². The highest BCUT2D eigenvalue weighted by atomic mass is 16.4. The van der Waals surface area contributed by atoms with Crippen LogP contribution in [-0.2, 0) is 9.59 Å². The molecule has 2 rings (SSSR count). The summed E-state index contributed by atoms with van der Waals surface area (Å²) in [6.45, 7) is 4.97. The molecule has 2 fully saturated rings. The summed E-state index contributed by atoms with van der Waals surface area (Å²) in [5, 5.41) is 11.6. The van der Waals surface area contributed by atoms with Crippen molar-refractivity contribution in [1.82, 2.24) is 15.1 Å². The second kappa shape index (κ2) is 8.34. The van der Waals surface area contributed by atoms with E-state index in [-0.39, 0.29) is 12.5 Å². The predicted molar refractivity (Wildman–Crippen MR) is 80.1 cm³/mol. The molecule has 1 atom stereocenters. The number of hydrogen-bond acceptors (Lipinski definition) is 4. The fourth-order valence-electron chi connectivity index (χ4n) is 3.28. The van der Waals surface area contributed by atoms with Crippen molar-refractivity contribution in [1.29, 1.82) is 0 Å². The monoisotopic (exact) mass is 297 g/mol. The second-order valence-corrected chi connectivity index (χ2v) is 6.21. The van der Waals surface area contributed by atoms with Crippen LogP contribution in [-0.4, -0.2) is 72.6 Å². The van der Waals surface area contributed by atoms with Gasteiger partial charge < -0.3 is 15.3 Å². The fourth-order valence-corrected chi connectivity index (χ4v) is 3.28. The SMILES string of the molecule is O=C(O)CNCC1CCCN(CC(=O)N2CCCCC2)C1. The summed E-state index contributed by atoms with van der Waals surface area (Å²) in [5.74, 6) is -0.107. The molecule has 1 amide bonds. The maximum absolute atomic E-state index is 12.3. The number of carboxylic acid groups (broad SMARTS) is 1. The van der Waals surface area contributed by atoms with Gasteiger partial charge >= 0.3 is 5.97 Å². The molecule has 0 aromatic heterocycles. The van der Waals surface area contributed by atoms with E-state index in [1.165, 1.54) is 6.42 Å². The lowest BCUT2D eigenvalue weighted by molar-refractivity contribution is -0.136. The first-order valence-corrected chi connectivity index (χ1v) is 8.08. The van der Waals surface area contributed by atoms with Crippen molar-refractivity contribution < 1.29 is 14.7 Å². The summed E-state index contributed by atoms with van der Waals surface area (Å²) in [6.07, 6.45) is 5.71. The number of hydrogen-bond donors (Lipinski definition) is 2. The fraction of sp³-hybridized carbons (Fsp3) is 0.867. The molecule has 1 unspecified atom stereocenters. The van der Waals surface area contributed by atoms with Gasteiger partial charge in [0, 0.05) is 19.6 Å². The molecule has 0 aromatic rings. The topological polar surface area (TPSA) is 72.9 Å². The number of rotatable bonds is 6. The van der Waals surface area contributed by atoms with E-state index in [2.05, 4.69) is 10.2 Å². The van der Waals surface area contributed by atoms with E-state index in [1.54, 1.807) is 0 Å². The number of carboxylic acids is 1.